The number of hydrogen-bond acceptors (Lipinski definition) is 2. The van der Waals surface area contributed by atoms with E-state index < -0.39 is 0 Å². The van der Waals surface area contributed by atoms with Crippen LogP contribution in [0.1, 0.15) is 16.7 Å². The van der Waals surface area contributed by atoms with Crippen LogP contribution in [-0.2, 0) is 11.2 Å². The first kappa shape index (κ1) is 13.8. The van der Waals surface area contributed by atoms with Crippen LogP contribution in [0.4, 0.5) is 5.69 Å². The molecule has 0 fully saturated rings. The quantitative estimate of drug-likeness (QED) is 0.745. The fraction of sp³-hybridized carbons (Fsp3) is 0.167. The molecule has 3 rings (SSSR count). The molecule has 0 saturated carbocycles. The van der Waals surface area contributed by atoms with Crippen molar-refractivity contribution in [1.82, 2.24) is 0 Å². The van der Waals surface area contributed by atoms with Crippen LogP contribution in [0.25, 0.3) is 10.1 Å². The van der Waals surface area contributed by atoms with Crippen LogP contribution in [-0.4, -0.2) is 5.91 Å². The van der Waals surface area contributed by atoms with Crippen LogP contribution < -0.4 is 5.32 Å². The maximum Gasteiger partial charge on any atom is 0.228 e. The Hall–Kier alpha value is -2.13. The number of carbonyl (C=O) groups excluding carboxylic acids is 1. The van der Waals surface area contributed by atoms with Gasteiger partial charge in [0.25, 0.3) is 0 Å². The van der Waals surface area contributed by atoms with Gasteiger partial charge in [0.05, 0.1) is 6.42 Å². The molecule has 1 N–H and O–H groups in total. The maximum atomic E-state index is 12.2. The zero-order valence-electron chi connectivity index (χ0n) is 12.1. The first-order chi connectivity index (χ1) is 10.1. The Morgan fingerprint density at radius 3 is 2.52 bits per heavy atom. The van der Waals surface area contributed by atoms with E-state index >= 15 is 0 Å². The number of thiophene rings is 1. The Labute approximate surface area is 128 Å². The second kappa shape index (κ2) is 5.70. The minimum absolute atomic E-state index is 0.0278. The van der Waals surface area contributed by atoms with Gasteiger partial charge in [-0.1, -0.05) is 35.4 Å². The predicted molar refractivity (Wildman–Crippen MR) is 90.1 cm³/mol. The lowest BCUT2D eigenvalue weighted by molar-refractivity contribution is -0.115. The zero-order chi connectivity index (χ0) is 14.8. The molecule has 1 aromatic heterocycles. The summed E-state index contributed by atoms with van der Waals surface area (Å²) in [4.78, 5) is 12.2. The lowest BCUT2D eigenvalue weighted by atomic mass is 10.1. The summed E-state index contributed by atoms with van der Waals surface area (Å²) in [6.07, 6.45) is 0.414. The molecule has 0 saturated heterocycles. The maximum absolute atomic E-state index is 12.2. The van der Waals surface area contributed by atoms with Crippen LogP contribution in [0.15, 0.2) is 47.8 Å². The van der Waals surface area contributed by atoms with E-state index in [9.17, 15) is 4.79 Å². The van der Waals surface area contributed by atoms with Crippen LogP contribution in [0.5, 0.6) is 0 Å². The smallest absolute Gasteiger partial charge is 0.228 e. The van der Waals surface area contributed by atoms with Gasteiger partial charge in [-0.2, -0.15) is 0 Å². The number of benzene rings is 2. The molecule has 1 heterocycles. The summed E-state index contributed by atoms with van der Waals surface area (Å²) in [5, 5.41) is 6.23. The van der Waals surface area contributed by atoms with E-state index in [-0.39, 0.29) is 5.91 Å². The Balaban J connectivity index is 1.77. The predicted octanol–water partition coefficient (Wildman–Crippen LogP) is 4.70. The number of aryl methyl sites for hydroxylation is 2. The van der Waals surface area contributed by atoms with Crippen LogP contribution in [0.2, 0.25) is 0 Å². The molecule has 2 nitrogen and oxygen atoms in total. The Morgan fingerprint density at radius 1 is 1.05 bits per heavy atom. The summed E-state index contributed by atoms with van der Waals surface area (Å²) in [5.74, 6) is 0.0278. The molecular formula is C18H17NOS. The topological polar surface area (TPSA) is 29.1 Å². The van der Waals surface area contributed by atoms with Gasteiger partial charge < -0.3 is 5.32 Å². The zero-order valence-corrected chi connectivity index (χ0v) is 13.0. The normalized spacial score (nSPS) is 10.8. The molecular weight excluding hydrogens is 278 g/mol. The molecule has 3 aromatic rings. The highest BCUT2D eigenvalue weighted by Gasteiger charge is 2.09. The third-order valence-electron chi connectivity index (χ3n) is 3.50. The highest BCUT2D eigenvalue weighted by atomic mass is 32.1. The van der Waals surface area contributed by atoms with Gasteiger partial charge in [0, 0.05) is 10.4 Å². The van der Waals surface area contributed by atoms with Crippen LogP contribution in [0.3, 0.4) is 0 Å². The van der Waals surface area contributed by atoms with Crippen LogP contribution >= 0.6 is 11.3 Å². The average Bonchev–Trinajstić information content (AvgIpc) is 2.84. The fourth-order valence-electron chi connectivity index (χ4n) is 2.35. The summed E-state index contributed by atoms with van der Waals surface area (Å²) < 4.78 is 1.23. The lowest BCUT2D eigenvalue weighted by Gasteiger charge is -2.05. The van der Waals surface area contributed by atoms with E-state index in [1.54, 1.807) is 11.3 Å². The molecule has 0 bridgehead atoms. The van der Waals surface area contributed by atoms with Crippen molar-refractivity contribution in [3.63, 3.8) is 0 Å². The minimum Gasteiger partial charge on any atom is -0.326 e. The molecule has 0 spiro atoms. The van der Waals surface area contributed by atoms with Gasteiger partial charge in [-0.25, -0.2) is 0 Å². The number of carbonyl (C=O) groups is 1. The molecule has 0 unspecified atom stereocenters. The molecule has 1 amide bonds. The summed E-state index contributed by atoms with van der Waals surface area (Å²) in [6.45, 7) is 4.11. The van der Waals surface area contributed by atoms with E-state index in [1.807, 2.05) is 31.2 Å². The Morgan fingerprint density at radius 2 is 1.76 bits per heavy atom. The third kappa shape index (κ3) is 3.14. The van der Waals surface area contributed by atoms with Crippen molar-refractivity contribution in [2.24, 2.45) is 0 Å². The van der Waals surface area contributed by atoms with Crippen molar-refractivity contribution in [2.75, 3.05) is 5.32 Å². The first-order valence-corrected chi connectivity index (χ1v) is 7.83. The molecule has 0 radical (unpaired) electrons. The molecule has 0 aliphatic heterocycles. The molecule has 0 aliphatic rings. The van der Waals surface area contributed by atoms with E-state index in [0.717, 1.165) is 11.3 Å². The number of rotatable bonds is 3. The van der Waals surface area contributed by atoms with Gasteiger partial charge in [0.15, 0.2) is 0 Å². The van der Waals surface area contributed by atoms with Gasteiger partial charge in [0.1, 0.15) is 0 Å². The van der Waals surface area contributed by atoms with Crippen molar-refractivity contribution in [1.29, 1.82) is 0 Å². The minimum atomic E-state index is 0.0278. The Bertz CT molecular complexity index is 787. The van der Waals surface area contributed by atoms with Crippen molar-refractivity contribution in [3.05, 3.63) is 64.5 Å². The van der Waals surface area contributed by atoms with Gasteiger partial charge in [-0.15, -0.1) is 11.3 Å². The largest absolute Gasteiger partial charge is 0.326 e. The van der Waals surface area contributed by atoms with Gasteiger partial charge in [-0.3, -0.25) is 4.79 Å². The molecule has 2 aromatic carbocycles. The number of amides is 1. The number of fused-ring (bicyclic) bond motifs is 1. The second-order valence-electron chi connectivity index (χ2n) is 5.35. The van der Waals surface area contributed by atoms with Crippen molar-refractivity contribution < 1.29 is 4.79 Å². The molecule has 106 valence electrons. The van der Waals surface area contributed by atoms with Crippen molar-refractivity contribution in [2.45, 2.75) is 20.3 Å². The van der Waals surface area contributed by atoms with Gasteiger partial charge in [-0.05, 0) is 48.4 Å². The first-order valence-electron chi connectivity index (χ1n) is 6.95. The highest BCUT2D eigenvalue weighted by Crippen LogP contribution is 2.27. The van der Waals surface area contributed by atoms with E-state index in [0.29, 0.717) is 6.42 Å². The lowest BCUT2D eigenvalue weighted by Crippen LogP contribution is -2.14. The molecule has 0 aliphatic carbocycles. The average molecular weight is 295 g/mol. The van der Waals surface area contributed by atoms with Gasteiger partial charge >= 0.3 is 0 Å². The van der Waals surface area contributed by atoms with E-state index in [4.69, 9.17) is 0 Å². The Kier molecular flexibility index (Phi) is 3.76. The van der Waals surface area contributed by atoms with Crippen molar-refractivity contribution in [3.8, 4) is 0 Å². The second-order valence-corrected chi connectivity index (χ2v) is 6.26. The summed E-state index contributed by atoms with van der Waals surface area (Å²) in [7, 11) is 0. The number of nitrogens with one attached hydrogen (secondary N) is 1. The van der Waals surface area contributed by atoms with Crippen LogP contribution in [0, 0.1) is 13.8 Å². The fourth-order valence-corrected chi connectivity index (χ4v) is 3.29. The van der Waals surface area contributed by atoms with E-state index in [2.05, 4.69) is 35.8 Å². The van der Waals surface area contributed by atoms with Crippen molar-refractivity contribution >= 4 is 33.0 Å². The van der Waals surface area contributed by atoms with E-state index in [1.165, 1.54) is 21.2 Å². The molecule has 3 heteroatoms. The summed E-state index contributed by atoms with van der Waals surface area (Å²) >= 11 is 1.69. The molecule has 21 heavy (non-hydrogen) atoms. The standard InChI is InChI=1S/C18H17NOS/c1-12-3-6-15(7-4-12)19-18(20)10-14-11-21-17-8-5-13(2)9-16(14)17/h3-9,11H,10H2,1-2H3,(H,19,20). The monoisotopic (exact) mass is 295 g/mol. The summed E-state index contributed by atoms with van der Waals surface area (Å²) in [5.41, 5.74) is 4.36. The highest BCUT2D eigenvalue weighted by molar-refractivity contribution is 7.17. The summed E-state index contributed by atoms with van der Waals surface area (Å²) in [6, 6.07) is 14.2. The van der Waals surface area contributed by atoms with Gasteiger partial charge in [0.2, 0.25) is 5.91 Å². The molecule has 0 atom stereocenters. The number of anilines is 1. The number of hydrogen-bond donors (Lipinski definition) is 1. The SMILES string of the molecule is Cc1ccc(NC(=O)Cc2csc3ccc(C)cc23)cc1. The third-order valence-corrected chi connectivity index (χ3v) is 4.51.